The number of carbonyl (C=O) groups is 1. The fourth-order valence-electron chi connectivity index (χ4n) is 2.79. The summed E-state index contributed by atoms with van der Waals surface area (Å²) in [6.45, 7) is 3.79. The molecule has 20 heavy (non-hydrogen) atoms. The Morgan fingerprint density at radius 2 is 2.20 bits per heavy atom. The van der Waals surface area contributed by atoms with Gasteiger partial charge in [-0.15, -0.1) is 0 Å². The lowest BCUT2D eigenvalue weighted by Crippen LogP contribution is -2.33. The highest BCUT2D eigenvalue weighted by Gasteiger charge is 2.14. The number of amides is 1. The van der Waals surface area contributed by atoms with Crippen LogP contribution in [-0.4, -0.2) is 41.6 Å². The van der Waals surface area contributed by atoms with Crippen molar-refractivity contribution in [2.24, 2.45) is 7.05 Å². The SMILES string of the molecule is Cn1cc(C(=O)NCCN2C[CH]CC2)c2ccccc21. The largest absolute Gasteiger partial charge is 0.351 e. The lowest BCUT2D eigenvalue weighted by atomic mass is 10.1. The summed E-state index contributed by atoms with van der Waals surface area (Å²) in [5.41, 5.74) is 1.85. The van der Waals surface area contributed by atoms with Gasteiger partial charge in [0, 0.05) is 43.8 Å². The number of carbonyl (C=O) groups excluding carboxylic acids is 1. The molecular formula is C16H20N3O. The summed E-state index contributed by atoms with van der Waals surface area (Å²) in [5.74, 6) is 0.0185. The Labute approximate surface area is 119 Å². The van der Waals surface area contributed by atoms with Gasteiger partial charge in [-0.3, -0.25) is 4.79 Å². The van der Waals surface area contributed by atoms with Crippen LogP contribution in [0.4, 0.5) is 0 Å². The van der Waals surface area contributed by atoms with E-state index in [1.807, 2.05) is 42.1 Å². The Morgan fingerprint density at radius 3 is 3.00 bits per heavy atom. The molecule has 0 bridgehead atoms. The van der Waals surface area contributed by atoms with Crippen LogP contribution in [0.2, 0.25) is 0 Å². The zero-order valence-electron chi connectivity index (χ0n) is 11.8. The smallest absolute Gasteiger partial charge is 0.253 e. The number of hydrogen-bond donors (Lipinski definition) is 1. The third-order valence-corrected chi connectivity index (χ3v) is 3.89. The quantitative estimate of drug-likeness (QED) is 0.920. The average molecular weight is 270 g/mol. The number of likely N-dealkylation sites (tertiary alicyclic amines) is 1. The average Bonchev–Trinajstić information content (AvgIpc) is 3.08. The van der Waals surface area contributed by atoms with Crippen molar-refractivity contribution >= 4 is 16.8 Å². The van der Waals surface area contributed by atoms with Gasteiger partial charge in [-0.1, -0.05) is 18.2 Å². The van der Waals surface area contributed by atoms with E-state index in [9.17, 15) is 4.79 Å². The molecule has 0 spiro atoms. The fraction of sp³-hybridized carbons (Fsp3) is 0.375. The third kappa shape index (κ3) is 2.56. The minimum atomic E-state index is 0.0185. The van der Waals surface area contributed by atoms with Crippen LogP contribution in [0.3, 0.4) is 0 Å². The van der Waals surface area contributed by atoms with Gasteiger partial charge in [0.1, 0.15) is 0 Å². The van der Waals surface area contributed by atoms with Gasteiger partial charge in [0.05, 0.1) is 5.56 Å². The van der Waals surface area contributed by atoms with Gasteiger partial charge < -0.3 is 14.8 Å². The van der Waals surface area contributed by atoms with Crippen molar-refractivity contribution in [3.8, 4) is 0 Å². The Kier molecular flexibility index (Phi) is 3.74. The summed E-state index contributed by atoms with van der Waals surface area (Å²) in [7, 11) is 1.97. The first kappa shape index (κ1) is 13.2. The van der Waals surface area contributed by atoms with Crippen molar-refractivity contribution in [1.82, 2.24) is 14.8 Å². The fourth-order valence-corrected chi connectivity index (χ4v) is 2.79. The maximum atomic E-state index is 12.3. The van der Waals surface area contributed by atoms with E-state index < -0.39 is 0 Å². The summed E-state index contributed by atoms with van der Waals surface area (Å²) < 4.78 is 2.00. The van der Waals surface area contributed by atoms with Crippen LogP contribution >= 0.6 is 0 Å². The summed E-state index contributed by atoms with van der Waals surface area (Å²) in [4.78, 5) is 14.6. The molecule has 3 rings (SSSR count). The Balaban J connectivity index is 1.66. The van der Waals surface area contributed by atoms with Crippen molar-refractivity contribution < 1.29 is 4.79 Å². The van der Waals surface area contributed by atoms with Crippen LogP contribution in [0.25, 0.3) is 10.9 Å². The van der Waals surface area contributed by atoms with E-state index in [1.54, 1.807) is 0 Å². The number of aryl methyl sites for hydroxylation is 1. The van der Waals surface area contributed by atoms with Gasteiger partial charge in [0.25, 0.3) is 5.91 Å². The van der Waals surface area contributed by atoms with E-state index in [0.29, 0.717) is 6.54 Å². The lowest BCUT2D eigenvalue weighted by Gasteiger charge is -2.14. The maximum Gasteiger partial charge on any atom is 0.253 e. The third-order valence-electron chi connectivity index (χ3n) is 3.89. The normalized spacial score (nSPS) is 15.8. The molecule has 105 valence electrons. The highest BCUT2D eigenvalue weighted by molar-refractivity contribution is 6.06. The van der Waals surface area contributed by atoms with Crippen LogP contribution in [0.15, 0.2) is 30.5 Å². The number of benzene rings is 1. The van der Waals surface area contributed by atoms with E-state index in [-0.39, 0.29) is 5.91 Å². The summed E-state index contributed by atoms with van der Waals surface area (Å²) in [5, 5.41) is 4.04. The van der Waals surface area contributed by atoms with Gasteiger partial charge in [0.2, 0.25) is 0 Å². The summed E-state index contributed by atoms with van der Waals surface area (Å²) in [6.07, 6.45) is 5.35. The summed E-state index contributed by atoms with van der Waals surface area (Å²) >= 11 is 0. The number of aromatic nitrogens is 1. The van der Waals surface area contributed by atoms with Crippen molar-refractivity contribution in [2.75, 3.05) is 26.2 Å². The molecule has 1 fully saturated rings. The van der Waals surface area contributed by atoms with E-state index in [0.717, 1.165) is 42.5 Å². The predicted molar refractivity (Wildman–Crippen MR) is 80.6 cm³/mol. The van der Waals surface area contributed by atoms with Gasteiger partial charge in [0.15, 0.2) is 0 Å². The zero-order valence-corrected chi connectivity index (χ0v) is 11.8. The van der Waals surface area contributed by atoms with E-state index in [2.05, 4.69) is 16.6 Å². The number of nitrogens with one attached hydrogen (secondary N) is 1. The number of nitrogens with zero attached hydrogens (tertiary/aromatic N) is 2. The zero-order chi connectivity index (χ0) is 13.9. The first-order valence-corrected chi connectivity index (χ1v) is 7.12. The van der Waals surface area contributed by atoms with Gasteiger partial charge in [-0.2, -0.15) is 0 Å². The topological polar surface area (TPSA) is 37.3 Å². The highest BCUT2D eigenvalue weighted by Crippen LogP contribution is 2.19. The molecule has 2 heterocycles. The molecule has 1 aromatic carbocycles. The second-order valence-corrected chi connectivity index (χ2v) is 5.30. The molecule has 1 aliphatic heterocycles. The van der Waals surface area contributed by atoms with Crippen molar-refractivity contribution in [3.05, 3.63) is 42.4 Å². The van der Waals surface area contributed by atoms with Gasteiger partial charge in [-0.05, 0) is 25.5 Å². The van der Waals surface area contributed by atoms with Crippen molar-refractivity contribution in [3.63, 3.8) is 0 Å². The predicted octanol–water partition coefficient (Wildman–Crippen LogP) is 1.82. The Hall–Kier alpha value is -1.81. The van der Waals surface area contributed by atoms with Crippen molar-refractivity contribution in [1.29, 1.82) is 0 Å². The minimum Gasteiger partial charge on any atom is -0.351 e. The van der Waals surface area contributed by atoms with Crippen LogP contribution < -0.4 is 5.32 Å². The van der Waals surface area contributed by atoms with Gasteiger partial charge >= 0.3 is 0 Å². The molecule has 0 atom stereocenters. The molecule has 1 N–H and O–H groups in total. The first-order chi connectivity index (χ1) is 9.75. The molecule has 0 aliphatic carbocycles. The molecule has 1 aromatic heterocycles. The molecule has 0 unspecified atom stereocenters. The number of fused-ring (bicyclic) bond motifs is 1. The molecule has 1 saturated heterocycles. The van der Waals surface area contributed by atoms with Gasteiger partial charge in [-0.25, -0.2) is 0 Å². The van der Waals surface area contributed by atoms with Crippen LogP contribution in [0.5, 0.6) is 0 Å². The molecule has 1 amide bonds. The molecular weight excluding hydrogens is 250 g/mol. The minimum absolute atomic E-state index is 0.0185. The molecule has 2 aromatic rings. The number of hydrogen-bond acceptors (Lipinski definition) is 2. The second-order valence-electron chi connectivity index (χ2n) is 5.30. The standard InChI is InChI=1S/C16H20N3O/c1-18-12-14(13-6-2-3-7-15(13)18)16(20)17-8-11-19-9-4-5-10-19/h2-4,6-7,12H,5,8-11H2,1H3,(H,17,20). The van der Waals surface area contributed by atoms with E-state index >= 15 is 0 Å². The summed E-state index contributed by atoms with van der Waals surface area (Å²) in [6, 6.07) is 8.00. The molecule has 1 radical (unpaired) electrons. The maximum absolute atomic E-state index is 12.3. The molecule has 0 saturated carbocycles. The number of rotatable bonds is 4. The van der Waals surface area contributed by atoms with E-state index in [1.165, 1.54) is 0 Å². The Morgan fingerprint density at radius 1 is 1.35 bits per heavy atom. The van der Waals surface area contributed by atoms with E-state index in [4.69, 9.17) is 0 Å². The highest BCUT2D eigenvalue weighted by atomic mass is 16.1. The lowest BCUT2D eigenvalue weighted by molar-refractivity contribution is 0.0951. The van der Waals surface area contributed by atoms with Crippen LogP contribution in [0.1, 0.15) is 16.8 Å². The number of para-hydroxylation sites is 1. The molecule has 4 heteroatoms. The second kappa shape index (κ2) is 5.67. The van der Waals surface area contributed by atoms with Crippen LogP contribution in [-0.2, 0) is 7.05 Å². The Bertz CT molecular complexity index is 611. The van der Waals surface area contributed by atoms with Crippen LogP contribution in [0, 0.1) is 6.42 Å². The monoisotopic (exact) mass is 270 g/mol. The van der Waals surface area contributed by atoms with Crippen molar-refractivity contribution in [2.45, 2.75) is 6.42 Å². The first-order valence-electron chi connectivity index (χ1n) is 7.12. The molecule has 4 nitrogen and oxygen atoms in total. The molecule has 1 aliphatic rings.